The lowest BCUT2D eigenvalue weighted by Gasteiger charge is -1.81. The van der Waals surface area contributed by atoms with E-state index in [9.17, 15) is 0 Å². The normalized spacial score (nSPS) is 12.5. The van der Waals surface area contributed by atoms with Crippen molar-refractivity contribution in [2.24, 2.45) is 0 Å². The van der Waals surface area contributed by atoms with E-state index in [-0.39, 0.29) is 0 Å². The number of hydrogen-bond acceptors (Lipinski definition) is 0. The Bertz CT molecular complexity index is 48.1. The summed E-state index contributed by atoms with van der Waals surface area (Å²) in [5.41, 5.74) is 0. The second-order valence-electron chi connectivity index (χ2n) is 1.38. The van der Waals surface area contributed by atoms with E-state index < -0.39 is 0 Å². The SMILES string of the molecule is [3H]C=CCCCC. The molecule has 0 heteroatoms. The Hall–Kier alpha value is -0.260. The maximum Gasteiger partial charge on any atom is 0.0534 e. The van der Waals surface area contributed by atoms with Crippen LogP contribution in [0.2, 0.25) is 0 Å². The van der Waals surface area contributed by atoms with Crippen LogP contribution in [0.3, 0.4) is 0 Å². The third-order valence-electron chi connectivity index (χ3n) is 0.724. The van der Waals surface area contributed by atoms with Crippen LogP contribution in [0.15, 0.2) is 12.6 Å². The third-order valence-corrected chi connectivity index (χ3v) is 0.724. The molecule has 0 aliphatic heterocycles. The Morgan fingerprint density at radius 3 is 3.33 bits per heavy atom. The van der Waals surface area contributed by atoms with Gasteiger partial charge in [0.05, 0.1) is 1.37 Å². The van der Waals surface area contributed by atoms with E-state index in [1.165, 1.54) is 19.4 Å². The van der Waals surface area contributed by atoms with Crippen LogP contribution < -0.4 is 0 Å². The predicted molar refractivity (Wildman–Crippen MR) is 29.7 cm³/mol. The maximum absolute atomic E-state index is 6.60. The van der Waals surface area contributed by atoms with Crippen molar-refractivity contribution in [1.82, 2.24) is 0 Å². The molecule has 0 radical (unpaired) electrons. The lowest BCUT2D eigenvalue weighted by Crippen LogP contribution is -1.61. The van der Waals surface area contributed by atoms with Gasteiger partial charge in [0, 0.05) is 0 Å². The highest BCUT2D eigenvalue weighted by molar-refractivity contribution is 4.64. The smallest absolute Gasteiger partial charge is 0.0534 e. The van der Waals surface area contributed by atoms with E-state index >= 15 is 0 Å². The maximum atomic E-state index is 6.60. The molecule has 0 atom stereocenters. The molecule has 6 heavy (non-hydrogen) atoms. The second kappa shape index (κ2) is 4.74. The van der Waals surface area contributed by atoms with Gasteiger partial charge >= 0.3 is 0 Å². The summed E-state index contributed by atoms with van der Waals surface area (Å²) in [7, 11) is 0. The lowest BCUT2D eigenvalue weighted by atomic mass is 10.3. The molecule has 0 aromatic carbocycles. The average molecular weight is 86.2 g/mol. The zero-order chi connectivity index (χ0) is 5.54. The molecule has 0 aromatic rings. The molecule has 0 aromatic heterocycles. The largest absolute Gasteiger partial charge is 0.103 e. The molecule has 0 aliphatic rings. The van der Waals surface area contributed by atoms with Crippen LogP contribution in [-0.2, 0) is 0 Å². The number of rotatable bonds is 3. The Balaban J connectivity index is 2.69. The van der Waals surface area contributed by atoms with Gasteiger partial charge in [0.25, 0.3) is 0 Å². The Morgan fingerprint density at radius 2 is 2.83 bits per heavy atom. The highest BCUT2D eigenvalue weighted by Crippen LogP contribution is 1.91. The summed E-state index contributed by atoms with van der Waals surface area (Å²) in [6, 6.07) is 0. The summed E-state index contributed by atoms with van der Waals surface area (Å²) in [5, 5.41) is 0. The van der Waals surface area contributed by atoms with Gasteiger partial charge in [0.2, 0.25) is 0 Å². The first-order chi connectivity index (χ1) is 3.41. The molecule has 0 N–H and O–H groups in total. The molecule has 0 unspecified atom stereocenters. The summed E-state index contributed by atoms with van der Waals surface area (Å²) in [6.07, 6.45) is 5.39. The fraction of sp³-hybridized carbons (Fsp3) is 0.667. The Labute approximate surface area is 41.3 Å². The van der Waals surface area contributed by atoms with Crippen LogP contribution in [0.25, 0.3) is 0 Å². The van der Waals surface area contributed by atoms with Gasteiger partial charge in [-0.05, 0) is 6.42 Å². The van der Waals surface area contributed by atoms with Crippen LogP contribution in [0.4, 0.5) is 0 Å². The van der Waals surface area contributed by atoms with Gasteiger partial charge in [-0.3, -0.25) is 0 Å². The molecule has 0 bridgehead atoms. The minimum atomic E-state index is 1.07. The van der Waals surface area contributed by atoms with Crippen molar-refractivity contribution in [3.63, 3.8) is 0 Å². The van der Waals surface area contributed by atoms with Gasteiger partial charge in [0.1, 0.15) is 0 Å². The van der Waals surface area contributed by atoms with Crippen molar-refractivity contribution in [2.75, 3.05) is 0 Å². The summed E-state index contributed by atoms with van der Waals surface area (Å²) in [5.74, 6) is 0. The monoisotopic (exact) mass is 86.1 g/mol. The lowest BCUT2D eigenvalue weighted by molar-refractivity contribution is 0.816. The van der Waals surface area contributed by atoms with Crippen molar-refractivity contribution in [3.8, 4) is 0 Å². The first kappa shape index (κ1) is 3.91. The van der Waals surface area contributed by atoms with Gasteiger partial charge in [0.15, 0.2) is 0 Å². The first-order valence-corrected chi connectivity index (χ1v) is 2.45. The van der Waals surface area contributed by atoms with Crippen LogP contribution in [0.5, 0.6) is 0 Å². The molecule has 0 saturated carbocycles. The zero-order valence-electron chi connectivity index (χ0n) is 5.28. The van der Waals surface area contributed by atoms with Crippen molar-refractivity contribution < 1.29 is 1.37 Å². The molecule has 0 aliphatic carbocycles. The van der Waals surface area contributed by atoms with Crippen molar-refractivity contribution in [2.45, 2.75) is 26.2 Å². The van der Waals surface area contributed by atoms with Crippen LogP contribution in [0, 0.1) is 0 Å². The molecular formula is C6H12. The molecule has 0 saturated heterocycles. The standard InChI is InChI=1S/C6H12/c1-3-5-6-4-2/h3H,1,4-6H2,2H3/i1T. The van der Waals surface area contributed by atoms with E-state index in [1.54, 1.807) is 0 Å². The van der Waals surface area contributed by atoms with E-state index in [0.29, 0.717) is 0 Å². The summed E-state index contributed by atoms with van der Waals surface area (Å²) in [6.45, 7) is 3.51. The zero-order valence-corrected chi connectivity index (χ0v) is 4.28. The van der Waals surface area contributed by atoms with Crippen LogP contribution >= 0.6 is 0 Å². The highest BCUT2D eigenvalue weighted by Gasteiger charge is 1.71. The Kier molecular flexibility index (Phi) is 3.09. The molecule has 0 amide bonds. The summed E-state index contributed by atoms with van der Waals surface area (Å²) < 4.78 is 6.60. The predicted octanol–water partition coefficient (Wildman–Crippen LogP) is 2.36. The third kappa shape index (κ3) is 3.74. The minimum Gasteiger partial charge on any atom is -0.103 e. The fourth-order valence-corrected chi connectivity index (χ4v) is 0.322. The minimum absolute atomic E-state index is 1.07. The molecule has 0 heterocycles. The summed E-state index contributed by atoms with van der Waals surface area (Å²) in [4.78, 5) is 0. The molecule has 0 nitrogen and oxygen atoms in total. The van der Waals surface area contributed by atoms with Crippen molar-refractivity contribution in [1.29, 1.82) is 0 Å². The first-order valence-electron chi connectivity index (χ1n) is 3.03. The van der Waals surface area contributed by atoms with Crippen LogP contribution in [-0.4, -0.2) is 0 Å². The molecule has 0 fully saturated rings. The Morgan fingerprint density at radius 1 is 2.00 bits per heavy atom. The molecular weight excluding hydrogens is 72.1 g/mol. The van der Waals surface area contributed by atoms with E-state index in [0.717, 1.165) is 6.42 Å². The number of unbranched alkanes of at least 4 members (excludes halogenated alkanes) is 2. The average Bonchev–Trinajstić information content (AvgIpc) is 1.69. The van der Waals surface area contributed by atoms with E-state index in [1.807, 2.05) is 6.08 Å². The number of allylic oxidation sites excluding steroid dienone is 1. The van der Waals surface area contributed by atoms with Crippen LogP contribution in [0.1, 0.15) is 27.6 Å². The quantitative estimate of drug-likeness (QED) is 0.365. The van der Waals surface area contributed by atoms with Gasteiger partial charge < -0.3 is 0 Å². The summed E-state index contributed by atoms with van der Waals surface area (Å²) >= 11 is 0. The molecule has 36 valence electrons. The van der Waals surface area contributed by atoms with Crippen molar-refractivity contribution in [3.05, 3.63) is 12.6 Å². The van der Waals surface area contributed by atoms with Gasteiger partial charge in [-0.15, -0.1) is 6.55 Å². The topological polar surface area (TPSA) is 0 Å². The van der Waals surface area contributed by atoms with E-state index in [4.69, 9.17) is 1.37 Å². The molecule has 0 rings (SSSR count). The fourth-order valence-electron chi connectivity index (χ4n) is 0.322. The highest BCUT2D eigenvalue weighted by atomic mass is 13.8. The van der Waals surface area contributed by atoms with Gasteiger partial charge in [-0.2, -0.15) is 0 Å². The van der Waals surface area contributed by atoms with Gasteiger partial charge in [-0.1, -0.05) is 25.8 Å². The van der Waals surface area contributed by atoms with Gasteiger partial charge in [-0.25, -0.2) is 0 Å². The molecule has 0 spiro atoms. The van der Waals surface area contributed by atoms with E-state index in [2.05, 4.69) is 6.92 Å². The van der Waals surface area contributed by atoms with Crippen molar-refractivity contribution >= 4 is 0 Å². The number of hydrogen-bond donors (Lipinski definition) is 0. The second-order valence-corrected chi connectivity index (χ2v) is 1.38.